The first kappa shape index (κ1) is 11.8. The van der Waals surface area contributed by atoms with Crippen molar-refractivity contribution in [3.05, 3.63) is 28.8 Å². The number of aryl methyl sites for hydroxylation is 1. The van der Waals surface area contributed by atoms with Crippen LogP contribution in [0.15, 0.2) is 18.2 Å². The summed E-state index contributed by atoms with van der Waals surface area (Å²) >= 11 is 5.12. The molecule has 1 heterocycles. The van der Waals surface area contributed by atoms with Gasteiger partial charge in [-0.1, -0.05) is 0 Å². The molecule has 2 rings (SSSR count). The van der Waals surface area contributed by atoms with Gasteiger partial charge in [0.2, 0.25) is 0 Å². The zero-order valence-electron chi connectivity index (χ0n) is 9.20. The van der Waals surface area contributed by atoms with Gasteiger partial charge in [-0.3, -0.25) is 4.79 Å². The SMILES string of the molecule is COC(=O)CCn1c(=S)[nH]c2cc(F)ccc21. The highest BCUT2D eigenvalue weighted by Crippen LogP contribution is 2.15. The monoisotopic (exact) mass is 254 g/mol. The van der Waals surface area contributed by atoms with E-state index >= 15 is 0 Å². The van der Waals surface area contributed by atoms with E-state index in [1.54, 1.807) is 10.6 Å². The number of rotatable bonds is 3. The van der Waals surface area contributed by atoms with Gasteiger partial charge in [-0.05, 0) is 30.4 Å². The van der Waals surface area contributed by atoms with Crippen molar-refractivity contribution in [2.24, 2.45) is 0 Å². The highest BCUT2D eigenvalue weighted by Gasteiger charge is 2.07. The lowest BCUT2D eigenvalue weighted by Gasteiger charge is -2.03. The van der Waals surface area contributed by atoms with Crippen LogP contribution in [0.2, 0.25) is 0 Å². The van der Waals surface area contributed by atoms with E-state index < -0.39 is 0 Å². The fourth-order valence-corrected chi connectivity index (χ4v) is 1.96. The number of carbonyl (C=O) groups is 1. The summed E-state index contributed by atoms with van der Waals surface area (Å²) in [5.41, 5.74) is 1.40. The van der Waals surface area contributed by atoms with Crippen LogP contribution in [0.4, 0.5) is 4.39 Å². The summed E-state index contributed by atoms with van der Waals surface area (Å²) in [4.78, 5) is 14.0. The third-order valence-corrected chi connectivity index (χ3v) is 2.83. The lowest BCUT2D eigenvalue weighted by atomic mass is 10.3. The van der Waals surface area contributed by atoms with Gasteiger partial charge in [0.1, 0.15) is 5.82 Å². The van der Waals surface area contributed by atoms with E-state index in [-0.39, 0.29) is 18.2 Å². The molecule has 1 aromatic heterocycles. The average Bonchev–Trinajstić information content (AvgIpc) is 2.61. The zero-order chi connectivity index (χ0) is 12.4. The van der Waals surface area contributed by atoms with Gasteiger partial charge in [-0.15, -0.1) is 0 Å². The predicted molar refractivity (Wildman–Crippen MR) is 63.7 cm³/mol. The minimum absolute atomic E-state index is 0.231. The van der Waals surface area contributed by atoms with Crippen molar-refractivity contribution in [2.45, 2.75) is 13.0 Å². The largest absolute Gasteiger partial charge is 0.469 e. The Morgan fingerprint density at radius 2 is 2.35 bits per heavy atom. The zero-order valence-corrected chi connectivity index (χ0v) is 10.0. The van der Waals surface area contributed by atoms with E-state index in [2.05, 4.69) is 9.72 Å². The van der Waals surface area contributed by atoms with Gasteiger partial charge in [-0.25, -0.2) is 4.39 Å². The Hall–Kier alpha value is -1.69. The Kier molecular flexibility index (Phi) is 3.23. The Labute approximate surface area is 102 Å². The van der Waals surface area contributed by atoms with Crippen LogP contribution in [-0.2, 0) is 16.1 Å². The molecule has 0 saturated heterocycles. The van der Waals surface area contributed by atoms with Crippen molar-refractivity contribution >= 4 is 29.2 Å². The standard InChI is InChI=1S/C11H11FN2O2S/c1-16-10(15)4-5-14-9-3-2-7(12)6-8(9)13-11(14)17/h2-3,6H,4-5H2,1H3,(H,13,17). The number of imidazole rings is 1. The number of benzene rings is 1. The molecule has 0 amide bonds. The lowest BCUT2D eigenvalue weighted by Crippen LogP contribution is -2.06. The summed E-state index contributed by atoms with van der Waals surface area (Å²) in [6.07, 6.45) is 0.231. The smallest absolute Gasteiger partial charge is 0.307 e. The minimum atomic E-state index is -0.325. The van der Waals surface area contributed by atoms with Crippen LogP contribution in [0, 0.1) is 10.6 Å². The number of hydrogen-bond acceptors (Lipinski definition) is 3. The molecule has 0 saturated carbocycles. The van der Waals surface area contributed by atoms with E-state index in [4.69, 9.17) is 12.2 Å². The van der Waals surface area contributed by atoms with E-state index in [1.807, 2.05) is 0 Å². The topological polar surface area (TPSA) is 47.0 Å². The molecule has 0 atom stereocenters. The average molecular weight is 254 g/mol. The number of hydrogen-bond donors (Lipinski definition) is 1. The highest BCUT2D eigenvalue weighted by molar-refractivity contribution is 7.71. The second kappa shape index (κ2) is 4.67. The number of esters is 1. The van der Waals surface area contributed by atoms with E-state index in [9.17, 15) is 9.18 Å². The molecular formula is C11H11FN2O2S. The highest BCUT2D eigenvalue weighted by atomic mass is 32.1. The van der Waals surface area contributed by atoms with Gasteiger partial charge in [0.05, 0.1) is 24.6 Å². The molecule has 0 aliphatic rings. The van der Waals surface area contributed by atoms with Gasteiger partial charge >= 0.3 is 5.97 Å². The first-order valence-electron chi connectivity index (χ1n) is 5.06. The van der Waals surface area contributed by atoms with Crippen LogP contribution in [-0.4, -0.2) is 22.6 Å². The fraction of sp³-hybridized carbons (Fsp3) is 0.273. The molecule has 0 aliphatic heterocycles. The maximum absolute atomic E-state index is 13.0. The van der Waals surface area contributed by atoms with Crippen molar-refractivity contribution in [1.82, 2.24) is 9.55 Å². The van der Waals surface area contributed by atoms with Crippen molar-refractivity contribution in [3.63, 3.8) is 0 Å². The summed E-state index contributed by atoms with van der Waals surface area (Å²) in [7, 11) is 1.34. The third kappa shape index (κ3) is 2.36. The van der Waals surface area contributed by atoms with Crippen LogP contribution in [0.3, 0.4) is 0 Å². The van der Waals surface area contributed by atoms with Gasteiger partial charge in [0.15, 0.2) is 4.77 Å². The number of aromatic nitrogens is 2. The molecule has 1 N–H and O–H groups in total. The van der Waals surface area contributed by atoms with Gasteiger partial charge in [0.25, 0.3) is 0 Å². The number of carbonyl (C=O) groups excluding carboxylic acids is 1. The van der Waals surface area contributed by atoms with Gasteiger partial charge in [-0.2, -0.15) is 0 Å². The van der Waals surface area contributed by atoms with E-state index in [0.717, 1.165) is 5.52 Å². The van der Waals surface area contributed by atoms with E-state index in [0.29, 0.717) is 16.8 Å². The number of H-pyrrole nitrogens is 1. The molecule has 0 aliphatic carbocycles. The molecule has 4 nitrogen and oxygen atoms in total. The number of halogens is 1. The quantitative estimate of drug-likeness (QED) is 0.676. The van der Waals surface area contributed by atoms with Crippen molar-refractivity contribution in [1.29, 1.82) is 0 Å². The normalized spacial score (nSPS) is 10.7. The molecule has 1 aromatic carbocycles. The summed E-state index contributed by atoms with van der Waals surface area (Å²) in [6.45, 7) is 0.414. The fourth-order valence-electron chi connectivity index (χ4n) is 1.66. The second-order valence-corrected chi connectivity index (χ2v) is 3.96. The van der Waals surface area contributed by atoms with Gasteiger partial charge in [0, 0.05) is 6.54 Å². The van der Waals surface area contributed by atoms with Crippen LogP contribution in [0.1, 0.15) is 6.42 Å². The number of nitrogens with one attached hydrogen (secondary N) is 1. The third-order valence-electron chi connectivity index (χ3n) is 2.50. The summed E-state index contributed by atoms with van der Waals surface area (Å²) in [6, 6.07) is 4.37. The Morgan fingerprint density at radius 1 is 1.59 bits per heavy atom. The number of aromatic amines is 1. The second-order valence-electron chi connectivity index (χ2n) is 3.57. The van der Waals surface area contributed by atoms with Crippen molar-refractivity contribution in [2.75, 3.05) is 7.11 Å². The van der Waals surface area contributed by atoms with Crippen LogP contribution in [0.5, 0.6) is 0 Å². The Bertz CT molecular complexity index is 617. The van der Waals surface area contributed by atoms with Crippen molar-refractivity contribution < 1.29 is 13.9 Å². The molecule has 17 heavy (non-hydrogen) atoms. The Balaban J connectivity index is 2.36. The minimum Gasteiger partial charge on any atom is -0.469 e. The maximum Gasteiger partial charge on any atom is 0.307 e. The molecule has 6 heteroatoms. The Morgan fingerprint density at radius 3 is 3.06 bits per heavy atom. The van der Waals surface area contributed by atoms with Crippen LogP contribution in [0.25, 0.3) is 11.0 Å². The first-order valence-corrected chi connectivity index (χ1v) is 5.47. The van der Waals surface area contributed by atoms with Crippen molar-refractivity contribution in [3.8, 4) is 0 Å². The van der Waals surface area contributed by atoms with E-state index in [1.165, 1.54) is 19.2 Å². The number of nitrogens with zero attached hydrogens (tertiary/aromatic N) is 1. The lowest BCUT2D eigenvalue weighted by molar-refractivity contribution is -0.140. The first-order chi connectivity index (χ1) is 8.11. The summed E-state index contributed by atoms with van der Waals surface area (Å²) in [5.74, 6) is -0.628. The number of fused-ring (bicyclic) bond motifs is 1. The molecule has 0 radical (unpaired) electrons. The van der Waals surface area contributed by atoms with Crippen LogP contribution >= 0.6 is 12.2 Å². The molecule has 0 bridgehead atoms. The van der Waals surface area contributed by atoms with Crippen LogP contribution < -0.4 is 0 Å². The summed E-state index contributed by atoms with van der Waals surface area (Å²) < 4.78 is 19.8. The maximum atomic E-state index is 13.0. The number of methoxy groups -OCH3 is 1. The molecule has 0 fully saturated rings. The molecule has 0 unspecified atom stereocenters. The predicted octanol–water partition coefficient (Wildman–Crippen LogP) is 2.40. The molecule has 0 spiro atoms. The number of ether oxygens (including phenoxy) is 1. The summed E-state index contributed by atoms with van der Waals surface area (Å²) in [5, 5.41) is 0. The molecule has 2 aromatic rings. The molecular weight excluding hydrogens is 243 g/mol. The molecule has 90 valence electrons. The van der Waals surface area contributed by atoms with Gasteiger partial charge < -0.3 is 14.3 Å².